The molecule has 1 amide bonds. The highest BCUT2D eigenvalue weighted by atomic mass is 35.7. The molecule has 0 atom stereocenters. The Kier molecular flexibility index (Phi) is 5.28. The summed E-state index contributed by atoms with van der Waals surface area (Å²) in [6.45, 7) is 8.75. The van der Waals surface area contributed by atoms with Crippen molar-refractivity contribution in [1.82, 2.24) is 5.32 Å². The van der Waals surface area contributed by atoms with Gasteiger partial charge >= 0.3 is 0 Å². The van der Waals surface area contributed by atoms with E-state index in [1.165, 1.54) is 0 Å². The summed E-state index contributed by atoms with van der Waals surface area (Å²) in [5, 5.41) is 2.77. The van der Waals surface area contributed by atoms with Gasteiger partial charge < -0.3 is 10.1 Å². The molecule has 0 spiro atoms. The first-order valence-corrected chi connectivity index (χ1v) is 8.71. The summed E-state index contributed by atoms with van der Waals surface area (Å²) in [5.74, 6) is 0.185. The number of ether oxygens (including phenoxy) is 1. The van der Waals surface area contributed by atoms with Gasteiger partial charge in [-0.25, -0.2) is 8.42 Å². The second-order valence-electron chi connectivity index (χ2n) is 5.91. The van der Waals surface area contributed by atoms with Crippen LogP contribution in [0.15, 0.2) is 17.0 Å². The van der Waals surface area contributed by atoms with Gasteiger partial charge in [-0.05, 0) is 57.9 Å². The smallest absolute Gasteiger partial charge is 0.261 e. The van der Waals surface area contributed by atoms with E-state index in [2.05, 4.69) is 5.32 Å². The average molecular weight is 334 g/mol. The van der Waals surface area contributed by atoms with Crippen LogP contribution in [0, 0.1) is 13.8 Å². The van der Waals surface area contributed by atoms with Crippen molar-refractivity contribution in [3.8, 4) is 5.75 Å². The lowest BCUT2D eigenvalue weighted by Crippen LogP contribution is -2.43. The van der Waals surface area contributed by atoms with Gasteiger partial charge in [0.05, 0.1) is 4.90 Å². The summed E-state index contributed by atoms with van der Waals surface area (Å²) in [6.07, 6.45) is 0. The monoisotopic (exact) mass is 333 g/mol. The summed E-state index contributed by atoms with van der Waals surface area (Å²) in [5.41, 5.74) is 0.635. The highest BCUT2D eigenvalue weighted by Crippen LogP contribution is 2.28. The zero-order valence-corrected chi connectivity index (χ0v) is 14.4. The van der Waals surface area contributed by atoms with E-state index in [0.29, 0.717) is 16.9 Å². The standard InChI is InChI=1S/C14H20ClNO4S/c1-9-6-11(7-10(2)13(9)21(15,18)19)20-8-12(17)16-14(3,4)5/h6-7H,8H2,1-5H3,(H,16,17). The van der Waals surface area contributed by atoms with Gasteiger partial charge in [0.1, 0.15) is 5.75 Å². The number of hydrogen-bond donors (Lipinski definition) is 1. The molecule has 21 heavy (non-hydrogen) atoms. The number of aryl methyl sites for hydroxylation is 2. The van der Waals surface area contributed by atoms with Gasteiger partial charge in [0, 0.05) is 16.2 Å². The van der Waals surface area contributed by atoms with Gasteiger partial charge in [-0.2, -0.15) is 0 Å². The fourth-order valence-corrected chi connectivity index (χ4v) is 3.60. The molecule has 0 aliphatic heterocycles. The Morgan fingerprint density at radius 3 is 2.10 bits per heavy atom. The Labute approximate surface area is 130 Å². The van der Waals surface area contributed by atoms with Gasteiger partial charge in [-0.1, -0.05) is 0 Å². The maximum atomic E-state index is 11.7. The molecule has 0 aromatic heterocycles. The predicted molar refractivity (Wildman–Crippen MR) is 82.3 cm³/mol. The SMILES string of the molecule is Cc1cc(OCC(=O)NC(C)(C)C)cc(C)c1S(=O)(=O)Cl. The first-order valence-electron chi connectivity index (χ1n) is 6.40. The molecule has 0 bridgehead atoms. The van der Waals surface area contributed by atoms with Crippen LogP contribution in [-0.2, 0) is 13.8 Å². The molecule has 1 rings (SSSR count). The Morgan fingerprint density at radius 2 is 1.71 bits per heavy atom. The van der Waals surface area contributed by atoms with Gasteiger partial charge in [0.2, 0.25) is 0 Å². The number of nitrogens with one attached hydrogen (secondary N) is 1. The van der Waals surface area contributed by atoms with Crippen molar-refractivity contribution in [2.45, 2.75) is 45.1 Å². The summed E-state index contributed by atoms with van der Waals surface area (Å²) >= 11 is 0. The van der Waals surface area contributed by atoms with Crippen molar-refractivity contribution >= 4 is 25.6 Å². The Balaban J connectivity index is 2.86. The molecule has 0 fully saturated rings. The molecule has 0 saturated heterocycles. The Morgan fingerprint density at radius 1 is 1.24 bits per heavy atom. The third-order valence-corrected chi connectivity index (χ3v) is 4.16. The van der Waals surface area contributed by atoms with Crippen LogP contribution in [0.4, 0.5) is 0 Å². The van der Waals surface area contributed by atoms with E-state index in [1.54, 1.807) is 26.0 Å². The molecule has 1 aromatic carbocycles. The summed E-state index contributed by atoms with van der Waals surface area (Å²) in [6, 6.07) is 3.10. The highest BCUT2D eigenvalue weighted by molar-refractivity contribution is 8.13. The molecule has 0 aliphatic carbocycles. The van der Waals surface area contributed by atoms with Gasteiger partial charge in [0.25, 0.3) is 15.0 Å². The van der Waals surface area contributed by atoms with E-state index >= 15 is 0 Å². The molecule has 0 unspecified atom stereocenters. The predicted octanol–water partition coefficient (Wildman–Crippen LogP) is 2.52. The molecule has 1 N–H and O–H groups in total. The molecular weight excluding hydrogens is 314 g/mol. The number of hydrogen-bond acceptors (Lipinski definition) is 4. The van der Waals surface area contributed by atoms with Crippen LogP contribution in [0.25, 0.3) is 0 Å². The van der Waals surface area contributed by atoms with Crippen molar-refractivity contribution in [2.75, 3.05) is 6.61 Å². The zero-order chi connectivity index (χ0) is 16.4. The van der Waals surface area contributed by atoms with E-state index in [4.69, 9.17) is 15.4 Å². The molecule has 7 heteroatoms. The van der Waals surface area contributed by atoms with Crippen molar-refractivity contribution in [3.63, 3.8) is 0 Å². The van der Waals surface area contributed by atoms with Crippen LogP contribution in [0.5, 0.6) is 5.75 Å². The van der Waals surface area contributed by atoms with E-state index in [0.717, 1.165) is 0 Å². The number of benzene rings is 1. The number of rotatable bonds is 4. The third-order valence-electron chi connectivity index (χ3n) is 2.56. The largest absolute Gasteiger partial charge is 0.484 e. The first-order chi connectivity index (χ1) is 9.40. The topological polar surface area (TPSA) is 72.5 Å². The molecular formula is C14H20ClNO4S. The van der Waals surface area contributed by atoms with Crippen molar-refractivity contribution in [2.24, 2.45) is 0 Å². The number of carbonyl (C=O) groups is 1. The minimum atomic E-state index is -3.80. The number of amides is 1. The molecule has 0 heterocycles. The fraction of sp³-hybridized carbons (Fsp3) is 0.500. The molecule has 1 aromatic rings. The minimum absolute atomic E-state index is 0.0793. The van der Waals surface area contributed by atoms with Crippen molar-refractivity contribution in [3.05, 3.63) is 23.3 Å². The van der Waals surface area contributed by atoms with Gasteiger partial charge in [-0.15, -0.1) is 0 Å². The van der Waals surface area contributed by atoms with Gasteiger partial charge in [-0.3, -0.25) is 4.79 Å². The van der Waals surface area contributed by atoms with Crippen molar-refractivity contribution < 1.29 is 17.9 Å². The van der Waals surface area contributed by atoms with E-state index < -0.39 is 9.05 Å². The maximum Gasteiger partial charge on any atom is 0.261 e. The number of halogens is 1. The average Bonchev–Trinajstić information content (AvgIpc) is 2.20. The van der Waals surface area contributed by atoms with Crippen LogP contribution in [-0.4, -0.2) is 26.5 Å². The lowest BCUT2D eigenvalue weighted by molar-refractivity contribution is -0.124. The lowest BCUT2D eigenvalue weighted by atomic mass is 10.1. The highest BCUT2D eigenvalue weighted by Gasteiger charge is 2.18. The van der Waals surface area contributed by atoms with E-state index in [-0.39, 0.29) is 22.9 Å². The molecule has 0 saturated carbocycles. The fourth-order valence-electron chi connectivity index (χ4n) is 1.98. The molecule has 0 aliphatic rings. The minimum Gasteiger partial charge on any atom is -0.484 e. The van der Waals surface area contributed by atoms with Gasteiger partial charge in [0.15, 0.2) is 6.61 Å². The summed E-state index contributed by atoms with van der Waals surface area (Å²) in [7, 11) is 1.59. The quantitative estimate of drug-likeness (QED) is 0.859. The van der Waals surface area contributed by atoms with E-state index in [9.17, 15) is 13.2 Å². The number of carbonyl (C=O) groups excluding carboxylic acids is 1. The summed E-state index contributed by atoms with van der Waals surface area (Å²) < 4.78 is 28.3. The second kappa shape index (κ2) is 6.23. The van der Waals surface area contributed by atoms with Crippen LogP contribution in [0.3, 0.4) is 0 Å². The molecule has 0 radical (unpaired) electrons. The Hall–Kier alpha value is -1.27. The lowest BCUT2D eigenvalue weighted by Gasteiger charge is -2.20. The van der Waals surface area contributed by atoms with Crippen molar-refractivity contribution in [1.29, 1.82) is 0 Å². The zero-order valence-electron chi connectivity index (χ0n) is 12.8. The first kappa shape index (κ1) is 17.8. The van der Waals surface area contributed by atoms with Crippen LogP contribution in [0.1, 0.15) is 31.9 Å². The van der Waals surface area contributed by atoms with Crippen LogP contribution >= 0.6 is 10.7 Å². The molecule has 118 valence electrons. The second-order valence-corrected chi connectivity index (χ2v) is 8.41. The van der Waals surface area contributed by atoms with Crippen LogP contribution in [0.2, 0.25) is 0 Å². The van der Waals surface area contributed by atoms with E-state index in [1.807, 2.05) is 20.8 Å². The Bertz CT molecular complexity index is 624. The van der Waals surface area contributed by atoms with Crippen LogP contribution < -0.4 is 10.1 Å². The third kappa shape index (κ3) is 5.55. The normalized spacial score (nSPS) is 12.1. The maximum absolute atomic E-state index is 11.7. The summed E-state index contributed by atoms with van der Waals surface area (Å²) in [4.78, 5) is 11.8. The molecule has 5 nitrogen and oxygen atoms in total.